The van der Waals surface area contributed by atoms with Crippen molar-refractivity contribution < 1.29 is 41.7 Å². The standard InChI is InChI=1S/C39H62O9SSi/c1-26-20-31(17-18-34-27(2)21-30(46-34)14-13-19-40)47-35(28(26)3)23-36-33(25-49(42,43)32-15-11-10-12-16-32)38(44-7)37(48-36)22-29(41)24-45-50(8,9)39(4,5)6/h10-12,15-16,19,26,29-31,33-38,41H,2-3,13-14,17-18,20-25H2,1,4-9H3/t26-,29+,30+,31+,33+,34?,35-,36+,37-,38-/m1/s1. The SMILES string of the molecule is C=C1C[C@H](CCC=O)OC1CC[C@H]1C[C@@H](C)C(=C)[C@@H](C[C@@H]2O[C@H](C[C@H](O)CO[Si](C)(C)C(C)(C)C)[C@H](OC)[C@H]2CS(=O)(=O)c2ccccc2)O1. The highest BCUT2D eigenvalue weighted by Crippen LogP contribution is 2.42. The lowest BCUT2D eigenvalue weighted by molar-refractivity contribution is -0.108. The Morgan fingerprint density at radius 2 is 1.70 bits per heavy atom. The topological polar surface area (TPSA) is 118 Å². The van der Waals surface area contributed by atoms with Crippen molar-refractivity contribution in [2.45, 2.75) is 151 Å². The molecule has 10 atom stereocenters. The van der Waals surface area contributed by atoms with Crippen molar-refractivity contribution in [3.8, 4) is 0 Å². The molecule has 0 saturated carbocycles. The molecule has 4 rings (SSSR count). The van der Waals surface area contributed by atoms with Crippen LogP contribution in [0.4, 0.5) is 0 Å². The second-order valence-corrected chi connectivity index (χ2v) is 23.1. The molecule has 3 saturated heterocycles. The van der Waals surface area contributed by atoms with Crippen LogP contribution in [0.1, 0.15) is 79.1 Å². The molecule has 0 aromatic heterocycles. The average molecular weight is 735 g/mol. The van der Waals surface area contributed by atoms with E-state index in [0.29, 0.717) is 19.3 Å². The number of hydrogen-bond acceptors (Lipinski definition) is 9. The molecule has 3 heterocycles. The van der Waals surface area contributed by atoms with E-state index in [2.05, 4.69) is 53.9 Å². The molecule has 11 heteroatoms. The van der Waals surface area contributed by atoms with Crippen LogP contribution in [0.25, 0.3) is 0 Å². The summed E-state index contributed by atoms with van der Waals surface area (Å²) in [6, 6.07) is 8.49. The molecule has 0 radical (unpaired) electrons. The van der Waals surface area contributed by atoms with Crippen LogP contribution < -0.4 is 0 Å². The van der Waals surface area contributed by atoms with Crippen LogP contribution in [0.3, 0.4) is 0 Å². The number of aliphatic hydroxyl groups excluding tert-OH is 1. The zero-order valence-corrected chi connectivity index (χ0v) is 33.2. The Balaban J connectivity index is 1.48. The monoisotopic (exact) mass is 734 g/mol. The fourth-order valence-corrected chi connectivity index (χ4v) is 10.1. The van der Waals surface area contributed by atoms with E-state index in [0.717, 1.165) is 43.1 Å². The lowest BCUT2D eigenvalue weighted by Gasteiger charge is -2.38. The summed E-state index contributed by atoms with van der Waals surface area (Å²) in [7, 11) is -4.18. The minimum absolute atomic E-state index is 0.00260. The number of carbonyl (C=O) groups excluding carboxylic acids is 1. The largest absolute Gasteiger partial charge is 0.414 e. The van der Waals surface area contributed by atoms with Crippen molar-refractivity contribution in [1.82, 2.24) is 0 Å². The maximum atomic E-state index is 13.7. The highest BCUT2D eigenvalue weighted by atomic mass is 32.2. The lowest BCUT2D eigenvalue weighted by atomic mass is 9.83. The third kappa shape index (κ3) is 10.5. The molecule has 1 N–H and O–H groups in total. The van der Waals surface area contributed by atoms with Crippen LogP contribution in [-0.4, -0.2) is 96.4 Å². The molecule has 3 fully saturated rings. The first-order valence-electron chi connectivity index (χ1n) is 18.3. The van der Waals surface area contributed by atoms with Crippen molar-refractivity contribution in [2.75, 3.05) is 19.5 Å². The van der Waals surface area contributed by atoms with E-state index in [1.807, 2.05) is 0 Å². The van der Waals surface area contributed by atoms with E-state index in [4.69, 9.17) is 23.4 Å². The Morgan fingerprint density at radius 1 is 1.02 bits per heavy atom. The van der Waals surface area contributed by atoms with E-state index in [-0.39, 0.29) is 59.0 Å². The number of methoxy groups -OCH3 is 1. The zero-order valence-electron chi connectivity index (χ0n) is 31.3. The molecule has 9 nitrogen and oxygen atoms in total. The Kier molecular flexibility index (Phi) is 14.3. The third-order valence-electron chi connectivity index (χ3n) is 11.5. The quantitative estimate of drug-likeness (QED) is 0.104. The highest BCUT2D eigenvalue weighted by molar-refractivity contribution is 7.91. The molecule has 50 heavy (non-hydrogen) atoms. The van der Waals surface area contributed by atoms with E-state index in [1.54, 1.807) is 37.4 Å². The Labute approximate surface area is 302 Å². The third-order valence-corrected chi connectivity index (χ3v) is 17.8. The maximum absolute atomic E-state index is 13.7. The number of benzene rings is 1. The van der Waals surface area contributed by atoms with Gasteiger partial charge in [-0.25, -0.2) is 8.42 Å². The minimum Gasteiger partial charge on any atom is -0.414 e. The van der Waals surface area contributed by atoms with Gasteiger partial charge in [0.2, 0.25) is 0 Å². The second-order valence-electron chi connectivity index (χ2n) is 16.3. The van der Waals surface area contributed by atoms with Gasteiger partial charge in [-0.05, 0) is 79.4 Å². The van der Waals surface area contributed by atoms with Crippen LogP contribution >= 0.6 is 0 Å². The van der Waals surface area contributed by atoms with Gasteiger partial charge in [-0.3, -0.25) is 0 Å². The molecule has 1 unspecified atom stereocenters. The van der Waals surface area contributed by atoms with Gasteiger partial charge in [0.05, 0.1) is 66.1 Å². The summed E-state index contributed by atoms with van der Waals surface area (Å²) in [5.41, 5.74) is 2.05. The molecular weight excluding hydrogens is 673 g/mol. The first kappa shape index (κ1) is 41.1. The van der Waals surface area contributed by atoms with Crippen LogP contribution in [0.2, 0.25) is 18.1 Å². The van der Waals surface area contributed by atoms with Crippen LogP contribution in [0.15, 0.2) is 59.5 Å². The fraction of sp³-hybridized carbons (Fsp3) is 0.718. The number of hydrogen-bond donors (Lipinski definition) is 1. The average Bonchev–Trinajstić information content (AvgIpc) is 3.57. The summed E-state index contributed by atoms with van der Waals surface area (Å²) in [5, 5.41) is 11.2. The Morgan fingerprint density at radius 3 is 2.34 bits per heavy atom. The molecule has 3 aliphatic rings. The molecule has 1 aromatic rings. The molecule has 0 aliphatic carbocycles. The number of ether oxygens (including phenoxy) is 4. The van der Waals surface area contributed by atoms with Crippen LogP contribution in [0, 0.1) is 11.8 Å². The predicted octanol–water partition coefficient (Wildman–Crippen LogP) is 6.84. The molecular formula is C39H62O9SSi. The normalized spacial score (nSPS) is 31.6. The van der Waals surface area contributed by atoms with Gasteiger partial charge in [0.25, 0.3) is 0 Å². The van der Waals surface area contributed by atoms with Gasteiger partial charge in [0.15, 0.2) is 18.2 Å². The van der Waals surface area contributed by atoms with Gasteiger partial charge >= 0.3 is 0 Å². The molecule has 282 valence electrons. The van der Waals surface area contributed by atoms with Crippen molar-refractivity contribution in [1.29, 1.82) is 0 Å². The highest BCUT2D eigenvalue weighted by Gasteiger charge is 2.49. The summed E-state index contributed by atoms with van der Waals surface area (Å²) in [6.07, 6.45) is 3.29. The number of aliphatic hydroxyl groups is 1. The van der Waals surface area contributed by atoms with E-state index in [9.17, 15) is 18.3 Å². The van der Waals surface area contributed by atoms with Gasteiger partial charge in [-0.1, -0.05) is 59.1 Å². The van der Waals surface area contributed by atoms with Crippen molar-refractivity contribution in [2.24, 2.45) is 11.8 Å². The Hall–Kier alpha value is -1.70. The van der Waals surface area contributed by atoms with Crippen molar-refractivity contribution in [3.63, 3.8) is 0 Å². The van der Waals surface area contributed by atoms with Crippen molar-refractivity contribution in [3.05, 3.63) is 54.6 Å². The Bertz CT molecular complexity index is 1390. The molecule has 1 aromatic carbocycles. The number of rotatable bonds is 17. The first-order chi connectivity index (χ1) is 23.5. The maximum Gasteiger partial charge on any atom is 0.192 e. The van der Waals surface area contributed by atoms with Crippen LogP contribution in [0.5, 0.6) is 0 Å². The van der Waals surface area contributed by atoms with Crippen LogP contribution in [-0.2, 0) is 38.0 Å². The number of carbonyl (C=O) groups is 1. The second kappa shape index (κ2) is 17.4. The smallest absolute Gasteiger partial charge is 0.192 e. The molecule has 0 spiro atoms. The first-order valence-corrected chi connectivity index (χ1v) is 22.9. The predicted molar refractivity (Wildman–Crippen MR) is 198 cm³/mol. The molecule has 3 aliphatic heterocycles. The summed E-state index contributed by atoms with van der Waals surface area (Å²) >= 11 is 0. The number of sulfone groups is 1. The molecule has 0 bridgehead atoms. The van der Waals surface area contributed by atoms with E-state index >= 15 is 0 Å². The van der Waals surface area contributed by atoms with E-state index < -0.39 is 48.5 Å². The van der Waals surface area contributed by atoms with E-state index in [1.165, 1.54) is 0 Å². The summed E-state index contributed by atoms with van der Waals surface area (Å²) in [5.74, 6) is -0.435. The van der Waals surface area contributed by atoms with Crippen molar-refractivity contribution >= 4 is 24.4 Å². The molecule has 0 amide bonds. The zero-order chi connectivity index (χ0) is 36.9. The lowest BCUT2D eigenvalue weighted by Crippen LogP contribution is -2.43. The summed E-state index contributed by atoms with van der Waals surface area (Å²) < 4.78 is 59.4. The van der Waals surface area contributed by atoms with Gasteiger partial charge < -0.3 is 33.3 Å². The van der Waals surface area contributed by atoms with Gasteiger partial charge in [0.1, 0.15) is 6.29 Å². The summed E-state index contributed by atoms with van der Waals surface area (Å²) in [4.78, 5) is 11.1. The van der Waals surface area contributed by atoms with Gasteiger partial charge in [0, 0.05) is 32.3 Å². The fourth-order valence-electron chi connectivity index (χ4n) is 7.35. The summed E-state index contributed by atoms with van der Waals surface area (Å²) in [6.45, 7) is 21.8. The minimum atomic E-state index is -3.67. The van der Waals surface area contributed by atoms with Gasteiger partial charge in [-0.15, -0.1) is 0 Å². The number of aldehydes is 1. The van der Waals surface area contributed by atoms with Gasteiger partial charge in [-0.2, -0.15) is 0 Å².